The van der Waals surface area contributed by atoms with Gasteiger partial charge in [0.2, 0.25) is 15.9 Å². The van der Waals surface area contributed by atoms with Crippen molar-refractivity contribution in [2.75, 3.05) is 26.2 Å². The Bertz CT molecular complexity index is 651. The van der Waals surface area contributed by atoms with Crippen LogP contribution in [0.25, 0.3) is 0 Å². The largest absolute Gasteiger partial charge is 0.340 e. The highest BCUT2D eigenvalue weighted by atomic mass is 32.2. The highest BCUT2D eigenvalue weighted by Gasteiger charge is 2.33. The van der Waals surface area contributed by atoms with Crippen molar-refractivity contribution in [2.45, 2.75) is 31.1 Å². The molecule has 1 aliphatic rings. The van der Waals surface area contributed by atoms with E-state index in [9.17, 15) is 22.0 Å². The lowest BCUT2D eigenvalue weighted by Crippen LogP contribution is -2.50. The van der Waals surface area contributed by atoms with Crippen LogP contribution in [0.3, 0.4) is 0 Å². The van der Waals surface area contributed by atoms with Crippen LogP contribution in [0.1, 0.15) is 26.2 Å². The first-order valence-electron chi connectivity index (χ1n) is 7.60. The number of unbranched alkanes of at least 4 members (excludes halogenated alkanes) is 1. The van der Waals surface area contributed by atoms with E-state index in [-0.39, 0.29) is 32.1 Å². The quantitative estimate of drug-likeness (QED) is 0.819. The Morgan fingerprint density at radius 2 is 1.70 bits per heavy atom. The summed E-state index contributed by atoms with van der Waals surface area (Å²) in [7, 11) is -4.24. The molecule has 0 bridgehead atoms. The van der Waals surface area contributed by atoms with Crippen molar-refractivity contribution in [3.05, 3.63) is 29.8 Å². The zero-order valence-electron chi connectivity index (χ0n) is 13.0. The Labute approximate surface area is 134 Å². The van der Waals surface area contributed by atoms with E-state index < -0.39 is 26.6 Å². The number of carbonyl (C=O) groups excluding carboxylic acids is 1. The Morgan fingerprint density at radius 1 is 1.13 bits per heavy atom. The van der Waals surface area contributed by atoms with Gasteiger partial charge in [-0.1, -0.05) is 19.4 Å². The van der Waals surface area contributed by atoms with Gasteiger partial charge in [0.1, 0.15) is 11.6 Å². The number of sulfonamides is 1. The van der Waals surface area contributed by atoms with E-state index in [2.05, 4.69) is 0 Å². The first-order valence-corrected chi connectivity index (χ1v) is 9.04. The molecule has 1 saturated heterocycles. The predicted molar refractivity (Wildman–Crippen MR) is 81.2 cm³/mol. The lowest BCUT2D eigenvalue weighted by atomic mass is 10.2. The van der Waals surface area contributed by atoms with E-state index in [0.29, 0.717) is 6.42 Å². The molecule has 128 valence electrons. The molecule has 0 radical (unpaired) electrons. The average molecular weight is 346 g/mol. The highest BCUT2D eigenvalue weighted by molar-refractivity contribution is 7.89. The summed E-state index contributed by atoms with van der Waals surface area (Å²) < 4.78 is 53.3. The predicted octanol–water partition coefficient (Wildman–Crippen LogP) is 1.99. The Balaban J connectivity index is 2.09. The number of amides is 1. The molecular weight excluding hydrogens is 326 g/mol. The molecule has 1 heterocycles. The molecule has 0 spiro atoms. The Kier molecular flexibility index (Phi) is 5.69. The number of piperazine rings is 1. The molecule has 1 fully saturated rings. The van der Waals surface area contributed by atoms with Crippen LogP contribution in [0, 0.1) is 11.6 Å². The number of hydrogen-bond acceptors (Lipinski definition) is 3. The standard InChI is InChI=1S/C15H20F2N2O3S/c1-2-3-7-14(20)18-8-10-19(11-9-18)23(21,22)15-12(16)5-4-6-13(15)17/h4-6H,2-3,7-11H2,1H3. The Hall–Kier alpha value is -1.54. The van der Waals surface area contributed by atoms with Crippen molar-refractivity contribution in [1.82, 2.24) is 9.21 Å². The van der Waals surface area contributed by atoms with Crippen molar-refractivity contribution in [1.29, 1.82) is 0 Å². The second kappa shape index (κ2) is 7.35. The minimum atomic E-state index is -4.24. The van der Waals surface area contributed by atoms with Gasteiger partial charge < -0.3 is 4.90 Å². The number of carbonyl (C=O) groups is 1. The summed E-state index contributed by atoms with van der Waals surface area (Å²) in [5, 5.41) is 0. The zero-order valence-corrected chi connectivity index (χ0v) is 13.8. The molecule has 0 aliphatic carbocycles. The van der Waals surface area contributed by atoms with E-state index in [4.69, 9.17) is 0 Å². The van der Waals surface area contributed by atoms with E-state index in [0.717, 1.165) is 35.3 Å². The van der Waals surface area contributed by atoms with Crippen LogP contribution in [0.15, 0.2) is 23.1 Å². The van der Waals surface area contributed by atoms with Crippen LogP contribution in [0.4, 0.5) is 8.78 Å². The van der Waals surface area contributed by atoms with Crippen molar-refractivity contribution in [3.63, 3.8) is 0 Å². The topological polar surface area (TPSA) is 57.7 Å². The molecule has 1 aromatic rings. The third-order valence-electron chi connectivity index (χ3n) is 3.85. The first-order chi connectivity index (χ1) is 10.9. The fourth-order valence-corrected chi connectivity index (χ4v) is 4.05. The van der Waals surface area contributed by atoms with Crippen LogP contribution in [-0.2, 0) is 14.8 Å². The van der Waals surface area contributed by atoms with Gasteiger partial charge in [-0.2, -0.15) is 4.31 Å². The van der Waals surface area contributed by atoms with Crippen molar-refractivity contribution in [3.8, 4) is 0 Å². The fraction of sp³-hybridized carbons (Fsp3) is 0.533. The van der Waals surface area contributed by atoms with Gasteiger partial charge in [-0.05, 0) is 18.6 Å². The second-order valence-corrected chi connectivity index (χ2v) is 7.31. The van der Waals surface area contributed by atoms with Crippen LogP contribution in [-0.4, -0.2) is 49.7 Å². The lowest BCUT2D eigenvalue weighted by Gasteiger charge is -2.34. The molecule has 0 aromatic heterocycles. The van der Waals surface area contributed by atoms with Crippen molar-refractivity contribution >= 4 is 15.9 Å². The van der Waals surface area contributed by atoms with E-state index in [1.807, 2.05) is 6.92 Å². The highest BCUT2D eigenvalue weighted by Crippen LogP contribution is 2.23. The summed E-state index contributed by atoms with van der Waals surface area (Å²) in [6.07, 6.45) is 2.13. The molecular formula is C15H20F2N2O3S. The molecule has 0 atom stereocenters. The van der Waals surface area contributed by atoms with E-state index in [1.54, 1.807) is 4.90 Å². The molecule has 5 nitrogen and oxygen atoms in total. The average Bonchev–Trinajstić information content (AvgIpc) is 2.52. The third kappa shape index (κ3) is 3.87. The number of nitrogens with zero attached hydrogens (tertiary/aromatic N) is 2. The van der Waals surface area contributed by atoms with Gasteiger partial charge in [0, 0.05) is 32.6 Å². The van der Waals surface area contributed by atoms with Gasteiger partial charge in [-0.25, -0.2) is 17.2 Å². The molecule has 0 unspecified atom stereocenters. The summed E-state index contributed by atoms with van der Waals surface area (Å²) >= 11 is 0. The maximum atomic E-state index is 13.7. The number of benzene rings is 1. The lowest BCUT2D eigenvalue weighted by molar-refractivity contribution is -0.132. The summed E-state index contributed by atoms with van der Waals surface area (Å²) in [6, 6.07) is 2.95. The maximum Gasteiger partial charge on any atom is 0.249 e. The molecule has 8 heteroatoms. The van der Waals surface area contributed by atoms with Gasteiger partial charge in [0.15, 0.2) is 4.90 Å². The first kappa shape index (κ1) is 17.8. The van der Waals surface area contributed by atoms with Gasteiger partial charge in [-0.3, -0.25) is 4.79 Å². The number of halogens is 2. The van der Waals surface area contributed by atoms with Crippen molar-refractivity contribution in [2.24, 2.45) is 0 Å². The summed E-state index contributed by atoms with van der Waals surface area (Å²) in [4.78, 5) is 12.6. The van der Waals surface area contributed by atoms with E-state index >= 15 is 0 Å². The second-order valence-electron chi connectivity index (χ2n) is 5.44. The minimum Gasteiger partial charge on any atom is -0.340 e. The molecule has 1 aliphatic heterocycles. The van der Waals surface area contributed by atoms with Crippen LogP contribution in [0.5, 0.6) is 0 Å². The minimum absolute atomic E-state index is 0.0130. The zero-order chi connectivity index (χ0) is 17.0. The van der Waals surface area contributed by atoms with Crippen LogP contribution in [0.2, 0.25) is 0 Å². The number of hydrogen-bond donors (Lipinski definition) is 0. The molecule has 23 heavy (non-hydrogen) atoms. The van der Waals surface area contributed by atoms with Crippen LogP contribution < -0.4 is 0 Å². The summed E-state index contributed by atoms with van der Waals surface area (Å²) in [6.45, 7) is 2.53. The van der Waals surface area contributed by atoms with Gasteiger partial charge in [0.05, 0.1) is 0 Å². The van der Waals surface area contributed by atoms with Gasteiger partial charge in [0.25, 0.3) is 0 Å². The molecule has 2 rings (SSSR count). The smallest absolute Gasteiger partial charge is 0.249 e. The molecule has 1 amide bonds. The molecule has 0 N–H and O–H groups in total. The SMILES string of the molecule is CCCCC(=O)N1CCN(S(=O)(=O)c2c(F)cccc2F)CC1. The monoisotopic (exact) mass is 346 g/mol. The number of rotatable bonds is 5. The molecule has 1 aromatic carbocycles. The van der Waals surface area contributed by atoms with Crippen molar-refractivity contribution < 1.29 is 22.0 Å². The van der Waals surface area contributed by atoms with Gasteiger partial charge >= 0.3 is 0 Å². The Morgan fingerprint density at radius 3 is 2.22 bits per heavy atom. The summed E-state index contributed by atoms with van der Waals surface area (Å²) in [5.74, 6) is -2.22. The molecule has 0 saturated carbocycles. The normalized spacial score (nSPS) is 16.6. The third-order valence-corrected chi connectivity index (χ3v) is 5.80. The van der Waals surface area contributed by atoms with Crippen LogP contribution >= 0.6 is 0 Å². The van der Waals surface area contributed by atoms with Gasteiger partial charge in [-0.15, -0.1) is 0 Å². The van der Waals surface area contributed by atoms with E-state index in [1.165, 1.54) is 0 Å². The summed E-state index contributed by atoms with van der Waals surface area (Å²) in [5.41, 5.74) is 0. The maximum absolute atomic E-state index is 13.7. The fourth-order valence-electron chi connectivity index (χ4n) is 2.52.